The van der Waals surface area contributed by atoms with Crippen molar-refractivity contribution in [3.05, 3.63) is 11.1 Å². The average Bonchev–Trinajstić information content (AvgIpc) is 2.86. The van der Waals surface area contributed by atoms with Gasteiger partial charge in [-0.25, -0.2) is 9.78 Å². The fourth-order valence-corrected chi connectivity index (χ4v) is 2.99. The topological polar surface area (TPSA) is 71.5 Å². The van der Waals surface area contributed by atoms with Gasteiger partial charge in [-0.3, -0.25) is 4.79 Å². The van der Waals surface area contributed by atoms with Gasteiger partial charge >= 0.3 is 6.09 Å². The fraction of sp³-hybridized carbons (Fsp3) is 0.643. The van der Waals surface area contributed by atoms with Gasteiger partial charge in [0.25, 0.3) is 0 Å². The zero-order chi connectivity index (χ0) is 15.5. The molecule has 1 fully saturated rings. The van der Waals surface area contributed by atoms with Crippen LogP contribution in [0.5, 0.6) is 0 Å². The number of hydrogen-bond acceptors (Lipinski definition) is 6. The van der Waals surface area contributed by atoms with E-state index in [9.17, 15) is 9.59 Å². The first-order valence-electron chi connectivity index (χ1n) is 7.02. The monoisotopic (exact) mass is 311 g/mol. The van der Waals surface area contributed by atoms with Gasteiger partial charge in [0.1, 0.15) is 11.3 Å². The number of piperidine rings is 1. The molecule has 0 aliphatic carbocycles. The predicted octanol–water partition coefficient (Wildman–Crippen LogP) is 2.45. The van der Waals surface area contributed by atoms with Crippen molar-refractivity contribution in [2.45, 2.75) is 45.3 Å². The van der Waals surface area contributed by atoms with Crippen molar-refractivity contribution >= 4 is 28.8 Å². The minimum Gasteiger partial charge on any atom is -0.444 e. The maximum absolute atomic E-state index is 11.7. The maximum Gasteiger partial charge on any atom is 0.407 e. The van der Waals surface area contributed by atoms with E-state index in [1.165, 1.54) is 11.3 Å². The standard InChI is InChI=1S/C14H21N3O3S/c1-14(2,3)20-13(19)16-10-4-6-17(7-5-10)12-15-11(8-18)9-21-12/h8-10H,4-7H2,1-3H3,(H,16,19). The summed E-state index contributed by atoms with van der Waals surface area (Å²) in [6.07, 6.45) is 2.08. The Balaban J connectivity index is 1.80. The number of carbonyl (C=O) groups excluding carboxylic acids is 2. The van der Waals surface area contributed by atoms with E-state index >= 15 is 0 Å². The third kappa shape index (κ3) is 4.70. The molecular weight excluding hydrogens is 290 g/mol. The highest BCUT2D eigenvalue weighted by atomic mass is 32.1. The number of ether oxygens (including phenoxy) is 1. The van der Waals surface area contributed by atoms with E-state index < -0.39 is 5.60 Å². The smallest absolute Gasteiger partial charge is 0.407 e. The van der Waals surface area contributed by atoms with Crippen molar-refractivity contribution < 1.29 is 14.3 Å². The van der Waals surface area contributed by atoms with Crippen molar-refractivity contribution in [1.29, 1.82) is 0 Å². The molecule has 0 radical (unpaired) electrons. The Morgan fingerprint density at radius 3 is 2.67 bits per heavy atom. The van der Waals surface area contributed by atoms with Crippen LogP contribution in [0.1, 0.15) is 44.1 Å². The molecule has 0 bridgehead atoms. The van der Waals surface area contributed by atoms with Gasteiger partial charge in [0, 0.05) is 24.5 Å². The van der Waals surface area contributed by atoms with Gasteiger partial charge in [0.15, 0.2) is 11.4 Å². The molecule has 0 unspecified atom stereocenters. The molecule has 1 N–H and O–H groups in total. The number of nitrogens with zero attached hydrogens (tertiary/aromatic N) is 2. The van der Waals surface area contributed by atoms with Crippen LogP contribution >= 0.6 is 11.3 Å². The van der Waals surface area contributed by atoms with E-state index in [1.54, 1.807) is 5.38 Å². The van der Waals surface area contributed by atoms with E-state index in [1.807, 2.05) is 20.8 Å². The van der Waals surface area contributed by atoms with Crippen LogP contribution in [0, 0.1) is 0 Å². The molecule has 1 amide bonds. The third-order valence-corrected chi connectivity index (χ3v) is 4.04. The molecule has 2 rings (SSSR count). The molecule has 7 heteroatoms. The van der Waals surface area contributed by atoms with Crippen LogP contribution in [0.2, 0.25) is 0 Å². The van der Waals surface area contributed by atoms with Crippen LogP contribution in [0.4, 0.5) is 9.93 Å². The summed E-state index contributed by atoms with van der Waals surface area (Å²) < 4.78 is 5.26. The summed E-state index contributed by atoms with van der Waals surface area (Å²) in [6.45, 7) is 7.17. The Morgan fingerprint density at radius 2 is 2.14 bits per heavy atom. The first-order valence-corrected chi connectivity index (χ1v) is 7.90. The molecule has 0 atom stereocenters. The number of alkyl carbamates (subject to hydrolysis) is 1. The first kappa shape index (κ1) is 15.8. The van der Waals surface area contributed by atoms with Gasteiger partial charge in [-0.15, -0.1) is 11.3 Å². The van der Waals surface area contributed by atoms with Gasteiger partial charge < -0.3 is 15.0 Å². The largest absolute Gasteiger partial charge is 0.444 e. The summed E-state index contributed by atoms with van der Waals surface area (Å²) in [7, 11) is 0. The maximum atomic E-state index is 11.7. The van der Waals surface area contributed by atoms with Crippen molar-refractivity contribution in [2.75, 3.05) is 18.0 Å². The Bertz CT molecular complexity index is 502. The van der Waals surface area contributed by atoms with Crippen molar-refractivity contribution in [3.8, 4) is 0 Å². The lowest BCUT2D eigenvalue weighted by Gasteiger charge is -2.32. The Hall–Kier alpha value is -1.63. The fourth-order valence-electron chi connectivity index (χ4n) is 2.16. The van der Waals surface area contributed by atoms with Crippen LogP contribution in [0.25, 0.3) is 0 Å². The highest BCUT2D eigenvalue weighted by Crippen LogP contribution is 2.23. The summed E-state index contributed by atoms with van der Waals surface area (Å²) in [4.78, 5) is 28.8. The van der Waals surface area contributed by atoms with Crippen LogP contribution in [-0.4, -0.2) is 42.1 Å². The lowest BCUT2D eigenvalue weighted by atomic mass is 10.1. The highest BCUT2D eigenvalue weighted by molar-refractivity contribution is 7.13. The lowest BCUT2D eigenvalue weighted by molar-refractivity contribution is 0.0497. The molecule has 0 saturated carbocycles. The van der Waals surface area contributed by atoms with E-state index in [4.69, 9.17) is 4.74 Å². The van der Waals surface area contributed by atoms with E-state index in [-0.39, 0.29) is 12.1 Å². The first-order chi connectivity index (χ1) is 9.87. The van der Waals surface area contributed by atoms with E-state index in [0.717, 1.165) is 37.3 Å². The van der Waals surface area contributed by atoms with Gasteiger partial charge in [0.2, 0.25) is 0 Å². The highest BCUT2D eigenvalue weighted by Gasteiger charge is 2.24. The summed E-state index contributed by atoms with van der Waals surface area (Å²) in [5.41, 5.74) is 0.000637. The molecule has 1 aromatic heterocycles. The molecule has 116 valence electrons. The number of aldehydes is 1. The van der Waals surface area contributed by atoms with Gasteiger partial charge in [-0.2, -0.15) is 0 Å². The molecule has 1 aliphatic rings. The Kier molecular flexibility index (Phi) is 4.82. The number of anilines is 1. The second kappa shape index (κ2) is 6.43. The SMILES string of the molecule is CC(C)(C)OC(=O)NC1CCN(c2nc(C=O)cs2)CC1. The van der Waals surface area contributed by atoms with Gasteiger partial charge in [0.05, 0.1) is 0 Å². The van der Waals surface area contributed by atoms with Crippen molar-refractivity contribution in [2.24, 2.45) is 0 Å². The second-order valence-electron chi connectivity index (χ2n) is 6.08. The van der Waals surface area contributed by atoms with Crippen LogP contribution < -0.4 is 10.2 Å². The summed E-state index contributed by atoms with van der Waals surface area (Å²) in [5, 5.41) is 5.53. The second-order valence-corrected chi connectivity index (χ2v) is 6.92. The molecule has 0 aromatic carbocycles. The van der Waals surface area contributed by atoms with Crippen LogP contribution in [0.3, 0.4) is 0 Å². The predicted molar refractivity (Wildman–Crippen MR) is 82.1 cm³/mol. The Morgan fingerprint density at radius 1 is 1.48 bits per heavy atom. The zero-order valence-corrected chi connectivity index (χ0v) is 13.4. The summed E-state index contributed by atoms with van der Waals surface area (Å²) in [5.74, 6) is 0. The molecule has 0 spiro atoms. The Labute approximate surface area is 128 Å². The van der Waals surface area contributed by atoms with E-state index in [2.05, 4.69) is 15.2 Å². The molecule has 2 heterocycles. The van der Waals surface area contributed by atoms with Crippen molar-refractivity contribution in [1.82, 2.24) is 10.3 Å². The average molecular weight is 311 g/mol. The summed E-state index contributed by atoms with van der Waals surface area (Å²) >= 11 is 1.48. The quantitative estimate of drug-likeness (QED) is 0.868. The summed E-state index contributed by atoms with van der Waals surface area (Å²) in [6, 6.07) is 0.126. The minimum atomic E-state index is -0.475. The van der Waals surface area contributed by atoms with Gasteiger partial charge in [-0.05, 0) is 33.6 Å². The van der Waals surface area contributed by atoms with Gasteiger partial charge in [-0.1, -0.05) is 0 Å². The normalized spacial score (nSPS) is 16.6. The number of nitrogens with one attached hydrogen (secondary N) is 1. The zero-order valence-electron chi connectivity index (χ0n) is 12.6. The number of rotatable bonds is 3. The lowest BCUT2D eigenvalue weighted by Crippen LogP contribution is -2.46. The third-order valence-electron chi connectivity index (χ3n) is 3.12. The molecule has 1 aromatic rings. The number of hydrogen-bond donors (Lipinski definition) is 1. The molecule has 1 saturated heterocycles. The van der Waals surface area contributed by atoms with Crippen LogP contribution in [-0.2, 0) is 4.74 Å². The molecule has 6 nitrogen and oxygen atoms in total. The van der Waals surface area contributed by atoms with Crippen LogP contribution in [0.15, 0.2) is 5.38 Å². The number of amides is 1. The minimum absolute atomic E-state index is 0.126. The molecule has 1 aliphatic heterocycles. The molecule has 21 heavy (non-hydrogen) atoms. The number of thiazole rings is 1. The van der Waals surface area contributed by atoms with E-state index in [0.29, 0.717) is 5.69 Å². The molecular formula is C14H21N3O3S. The number of carbonyl (C=O) groups is 2. The van der Waals surface area contributed by atoms with Crippen molar-refractivity contribution in [3.63, 3.8) is 0 Å². The number of aromatic nitrogens is 1.